The lowest BCUT2D eigenvalue weighted by Crippen LogP contribution is -2.31. The molecule has 0 heterocycles. The van der Waals surface area contributed by atoms with Gasteiger partial charge in [0.25, 0.3) is 0 Å². The van der Waals surface area contributed by atoms with Crippen LogP contribution >= 0.6 is 0 Å². The predicted octanol–water partition coefficient (Wildman–Crippen LogP) is 1.31. The lowest BCUT2D eigenvalue weighted by atomic mass is 10.2. The summed E-state index contributed by atoms with van der Waals surface area (Å²) in [4.78, 5) is 10.9. The van der Waals surface area contributed by atoms with Crippen LogP contribution in [-0.4, -0.2) is 11.9 Å². The highest BCUT2D eigenvalue weighted by Gasteiger charge is 2.03. The zero-order valence-electron chi connectivity index (χ0n) is 7.18. The summed E-state index contributed by atoms with van der Waals surface area (Å²) in [6.07, 6.45) is 7.16. The average Bonchev–Trinajstić information content (AvgIpc) is 1.87. The van der Waals surface area contributed by atoms with E-state index in [9.17, 15) is 4.79 Å². The summed E-state index contributed by atoms with van der Waals surface area (Å²) in [5.74, 6) is 2.59. The van der Waals surface area contributed by atoms with Crippen molar-refractivity contribution in [1.82, 2.24) is 5.32 Å². The highest BCUT2D eigenvalue weighted by Crippen LogP contribution is 1.91. The van der Waals surface area contributed by atoms with Crippen LogP contribution in [0.5, 0.6) is 0 Å². The molecule has 0 aromatic rings. The first kappa shape index (κ1) is 10.0. The molecule has 0 unspecified atom stereocenters. The van der Waals surface area contributed by atoms with Gasteiger partial charge in [0.1, 0.15) is 0 Å². The molecule has 2 heteroatoms. The van der Waals surface area contributed by atoms with Gasteiger partial charge in [0.2, 0.25) is 5.91 Å². The SMILES string of the molecule is C#CC[C@@H](C)NC(=O)CCC. The highest BCUT2D eigenvalue weighted by atomic mass is 16.1. The fourth-order valence-corrected chi connectivity index (χ4v) is 0.802. The zero-order valence-corrected chi connectivity index (χ0v) is 7.18. The minimum Gasteiger partial charge on any atom is -0.353 e. The standard InChI is InChI=1S/C9H15NO/c1-4-6-8(3)10-9(11)7-5-2/h1,8H,5-7H2,2-3H3,(H,10,11)/t8-/m1/s1. The Kier molecular flexibility index (Phi) is 5.28. The predicted molar refractivity (Wildman–Crippen MR) is 46.0 cm³/mol. The molecular formula is C9H15NO. The maximum atomic E-state index is 10.9. The van der Waals surface area contributed by atoms with E-state index in [0.29, 0.717) is 12.8 Å². The molecule has 0 aromatic heterocycles. The van der Waals surface area contributed by atoms with E-state index in [1.165, 1.54) is 0 Å². The largest absolute Gasteiger partial charge is 0.353 e. The summed E-state index contributed by atoms with van der Waals surface area (Å²) in [5.41, 5.74) is 0. The van der Waals surface area contributed by atoms with E-state index in [4.69, 9.17) is 6.42 Å². The molecule has 0 saturated carbocycles. The molecule has 0 aliphatic rings. The third kappa shape index (κ3) is 5.47. The van der Waals surface area contributed by atoms with Crippen LogP contribution in [0.2, 0.25) is 0 Å². The summed E-state index contributed by atoms with van der Waals surface area (Å²) < 4.78 is 0. The third-order valence-corrected chi connectivity index (χ3v) is 1.31. The van der Waals surface area contributed by atoms with Gasteiger partial charge in [-0.15, -0.1) is 12.3 Å². The number of carbonyl (C=O) groups is 1. The first-order chi connectivity index (χ1) is 5.20. The number of hydrogen-bond donors (Lipinski definition) is 1. The van der Waals surface area contributed by atoms with Crippen molar-refractivity contribution in [3.05, 3.63) is 0 Å². The normalized spacial score (nSPS) is 11.7. The van der Waals surface area contributed by atoms with Crippen molar-refractivity contribution in [1.29, 1.82) is 0 Å². The van der Waals surface area contributed by atoms with E-state index in [-0.39, 0.29) is 11.9 Å². The molecular weight excluding hydrogens is 138 g/mol. The molecule has 0 bridgehead atoms. The van der Waals surface area contributed by atoms with Crippen molar-refractivity contribution < 1.29 is 4.79 Å². The Morgan fingerprint density at radius 2 is 2.36 bits per heavy atom. The minimum absolute atomic E-state index is 0.0928. The molecule has 0 aliphatic heterocycles. The van der Waals surface area contributed by atoms with E-state index in [1.807, 2.05) is 13.8 Å². The summed E-state index contributed by atoms with van der Waals surface area (Å²) >= 11 is 0. The van der Waals surface area contributed by atoms with Crippen LogP contribution in [0.3, 0.4) is 0 Å². The minimum atomic E-state index is 0.0928. The van der Waals surface area contributed by atoms with E-state index in [1.54, 1.807) is 0 Å². The number of amides is 1. The number of hydrogen-bond acceptors (Lipinski definition) is 1. The van der Waals surface area contributed by atoms with E-state index in [0.717, 1.165) is 6.42 Å². The lowest BCUT2D eigenvalue weighted by Gasteiger charge is -2.09. The van der Waals surface area contributed by atoms with Gasteiger partial charge < -0.3 is 5.32 Å². The fourth-order valence-electron chi connectivity index (χ4n) is 0.802. The van der Waals surface area contributed by atoms with Crippen molar-refractivity contribution in [3.8, 4) is 12.3 Å². The van der Waals surface area contributed by atoms with Gasteiger partial charge in [-0.05, 0) is 13.3 Å². The van der Waals surface area contributed by atoms with Crippen LogP contribution in [0.1, 0.15) is 33.1 Å². The first-order valence-electron chi connectivity index (χ1n) is 3.93. The molecule has 1 N–H and O–H groups in total. The van der Waals surface area contributed by atoms with Crippen LogP contribution in [0.15, 0.2) is 0 Å². The molecule has 11 heavy (non-hydrogen) atoms. The summed E-state index contributed by atoms with van der Waals surface area (Å²) in [5, 5.41) is 2.80. The number of rotatable bonds is 4. The van der Waals surface area contributed by atoms with Gasteiger partial charge in [-0.2, -0.15) is 0 Å². The summed E-state index contributed by atoms with van der Waals surface area (Å²) in [6, 6.07) is 0.110. The summed E-state index contributed by atoms with van der Waals surface area (Å²) in [7, 11) is 0. The van der Waals surface area contributed by atoms with Crippen molar-refractivity contribution in [3.63, 3.8) is 0 Å². The Morgan fingerprint density at radius 3 is 2.82 bits per heavy atom. The van der Waals surface area contributed by atoms with Gasteiger partial charge in [-0.3, -0.25) is 4.79 Å². The van der Waals surface area contributed by atoms with E-state index >= 15 is 0 Å². The molecule has 62 valence electrons. The van der Waals surface area contributed by atoms with Crippen LogP contribution in [0.4, 0.5) is 0 Å². The lowest BCUT2D eigenvalue weighted by molar-refractivity contribution is -0.121. The van der Waals surface area contributed by atoms with Crippen LogP contribution in [0, 0.1) is 12.3 Å². The van der Waals surface area contributed by atoms with Crippen molar-refractivity contribution in [2.75, 3.05) is 0 Å². The van der Waals surface area contributed by atoms with E-state index < -0.39 is 0 Å². The number of terminal acetylenes is 1. The first-order valence-corrected chi connectivity index (χ1v) is 3.93. The topological polar surface area (TPSA) is 29.1 Å². The second kappa shape index (κ2) is 5.79. The zero-order chi connectivity index (χ0) is 8.69. The quantitative estimate of drug-likeness (QED) is 0.606. The highest BCUT2D eigenvalue weighted by molar-refractivity contribution is 5.76. The maximum Gasteiger partial charge on any atom is 0.220 e. The maximum absolute atomic E-state index is 10.9. The van der Waals surface area contributed by atoms with Crippen molar-refractivity contribution in [2.45, 2.75) is 39.2 Å². The summed E-state index contributed by atoms with van der Waals surface area (Å²) in [6.45, 7) is 3.89. The van der Waals surface area contributed by atoms with E-state index in [2.05, 4.69) is 11.2 Å². The Hall–Kier alpha value is -0.970. The third-order valence-electron chi connectivity index (χ3n) is 1.31. The molecule has 0 saturated heterocycles. The second-order valence-electron chi connectivity index (χ2n) is 2.63. The second-order valence-corrected chi connectivity index (χ2v) is 2.63. The Bertz CT molecular complexity index is 157. The average molecular weight is 153 g/mol. The molecule has 1 atom stereocenters. The molecule has 1 amide bonds. The van der Waals surface area contributed by atoms with Crippen LogP contribution in [-0.2, 0) is 4.79 Å². The number of carbonyl (C=O) groups excluding carboxylic acids is 1. The number of nitrogens with one attached hydrogen (secondary N) is 1. The molecule has 0 radical (unpaired) electrons. The fraction of sp³-hybridized carbons (Fsp3) is 0.667. The van der Waals surface area contributed by atoms with Gasteiger partial charge in [-0.1, -0.05) is 6.92 Å². The van der Waals surface area contributed by atoms with Gasteiger partial charge in [-0.25, -0.2) is 0 Å². The molecule has 0 aliphatic carbocycles. The monoisotopic (exact) mass is 153 g/mol. The Labute approximate surface area is 68.4 Å². The van der Waals surface area contributed by atoms with Crippen LogP contribution in [0.25, 0.3) is 0 Å². The van der Waals surface area contributed by atoms with Gasteiger partial charge in [0, 0.05) is 18.9 Å². The Morgan fingerprint density at radius 1 is 1.73 bits per heavy atom. The van der Waals surface area contributed by atoms with Crippen molar-refractivity contribution in [2.24, 2.45) is 0 Å². The van der Waals surface area contributed by atoms with Gasteiger partial charge in [0.05, 0.1) is 0 Å². The smallest absolute Gasteiger partial charge is 0.220 e. The Balaban J connectivity index is 3.50. The van der Waals surface area contributed by atoms with Gasteiger partial charge in [0.15, 0.2) is 0 Å². The molecule has 0 aromatic carbocycles. The molecule has 0 fully saturated rings. The van der Waals surface area contributed by atoms with Gasteiger partial charge >= 0.3 is 0 Å². The molecule has 2 nitrogen and oxygen atoms in total. The molecule has 0 rings (SSSR count). The van der Waals surface area contributed by atoms with Crippen LogP contribution < -0.4 is 5.32 Å². The van der Waals surface area contributed by atoms with Crippen molar-refractivity contribution >= 4 is 5.91 Å². The molecule has 0 spiro atoms.